The van der Waals surface area contributed by atoms with Gasteiger partial charge < -0.3 is 5.01 Å². The minimum Gasteiger partial charge on any atom is -0.301 e. The van der Waals surface area contributed by atoms with E-state index in [-0.39, 0.29) is 0 Å². The van der Waals surface area contributed by atoms with Crippen LogP contribution in [-0.4, -0.2) is 24.9 Å². The van der Waals surface area contributed by atoms with Crippen molar-refractivity contribution in [1.82, 2.24) is 5.01 Å². The maximum atomic E-state index is 5.47. The molecule has 0 bridgehead atoms. The zero-order valence-electron chi connectivity index (χ0n) is 6.33. The molecule has 9 heavy (non-hydrogen) atoms. The maximum absolute atomic E-state index is 5.47. The fraction of sp³-hybridized carbons (Fsp3) is 0.833. The lowest BCUT2D eigenvalue weighted by molar-refractivity contribution is 0.388. The number of rotatable bonds is 3. The molecule has 3 heteroatoms. The second-order valence-electron chi connectivity index (χ2n) is 2.46. The molecule has 0 heterocycles. The topological polar surface area (TPSA) is 41.6 Å². The van der Waals surface area contributed by atoms with Crippen LogP contribution in [0.3, 0.4) is 0 Å². The van der Waals surface area contributed by atoms with Gasteiger partial charge in [-0.2, -0.15) is 0 Å². The number of nitrogens with two attached hydrogens (primary N) is 1. The normalized spacial score (nSPS) is 11.2. The van der Waals surface area contributed by atoms with Crippen LogP contribution in [-0.2, 0) is 0 Å². The molecule has 0 unspecified atom stereocenters. The van der Waals surface area contributed by atoms with Crippen LogP contribution in [0.2, 0.25) is 0 Å². The van der Waals surface area contributed by atoms with Crippen molar-refractivity contribution in [3.05, 3.63) is 0 Å². The molecule has 0 aromatic rings. The predicted octanol–water partition coefficient (Wildman–Crippen LogP) is 0.476. The molecule has 0 saturated heterocycles. The molecular formula is C6H15N3. The van der Waals surface area contributed by atoms with Gasteiger partial charge in [0.1, 0.15) is 0 Å². The van der Waals surface area contributed by atoms with Crippen molar-refractivity contribution in [1.29, 1.82) is 0 Å². The van der Waals surface area contributed by atoms with Gasteiger partial charge in [-0.25, -0.2) is 5.84 Å². The van der Waals surface area contributed by atoms with Crippen molar-refractivity contribution in [2.75, 3.05) is 13.6 Å². The van der Waals surface area contributed by atoms with Gasteiger partial charge in [-0.1, -0.05) is 13.8 Å². The first-order valence-corrected chi connectivity index (χ1v) is 3.10. The molecule has 0 atom stereocenters. The number of hydrazine groups is 1. The highest BCUT2D eigenvalue weighted by Crippen LogP contribution is 1.90. The highest BCUT2D eigenvalue weighted by Gasteiger charge is 1.95. The monoisotopic (exact) mass is 129 g/mol. The number of aliphatic imine (C=N–C) groups is 1. The van der Waals surface area contributed by atoms with E-state index in [1.54, 1.807) is 18.4 Å². The summed E-state index contributed by atoms with van der Waals surface area (Å²) >= 11 is 0. The lowest BCUT2D eigenvalue weighted by atomic mass is 10.2. The second-order valence-corrected chi connectivity index (χ2v) is 2.46. The van der Waals surface area contributed by atoms with Crippen LogP contribution in [0.1, 0.15) is 13.8 Å². The summed E-state index contributed by atoms with van der Waals surface area (Å²) < 4.78 is 0. The molecule has 0 spiro atoms. The van der Waals surface area contributed by atoms with Gasteiger partial charge in [-0.3, -0.25) is 4.99 Å². The van der Waals surface area contributed by atoms with Crippen LogP contribution >= 0.6 is 0 Å². The van der Waals surface area contributed by atoms with E-state index >= 15 is 0 Å². The molecular weight excluding hydrogens is 114 g/mol. The summed E-state index contributed by atoms with van der Waals surface area (Å²) in [6, 6.07) is 0. The Morgan fingerprint density at radius 2 is 2.22 bits per heavy atom. The van der Waals surface area contributed by atoms with Gasteiger partial charge in [0.25, 0.3) is 0 Å². The molecule has 2 N–H and O–H groups in total. The molecule has 0 fully saturated rings. The average molecular weight is 129 g/mol. The van der Waals surface area contributed by atoms with E-state index in [1.165, 1.54) is 0 Å². The summed E-state index contributed by atoms with van der Waals surface area (Å²) in [6.07, 6.45) is 1.62. The Labute approximate surface area is 56.5 Å². The van der Waals surface area contributed by atoms with Crippen LogP contribution in [0.25, 0.3) is 0 Å². The molecule has 0 rings (SSSR count). The quantitative estimate of drug-likeness (QED) is 0.260. The van der Waals surface area contributed by atoms with Gasteiger partial charge in [0.15, 0.2) is 0 Å². The predicted molar refractivity (Wildman–Crippen MR) is 40.1 cm³/mol. The van der Waals surface area contributed by atoms with Gasteiger partial charge in [0, 0.05) is 13.6 Å². The molecule has 0 aromatic heterocycles. The summed E-state index contributed by atoms with van der Waals surface area (Å²) in [5, 5.41) is 1.59. The molecule has 0 aliphatic carbocycles. The first kappa shape index (κ1) is 8.43. The van der Waals surface area contributed by atoms with Crippen LogP contribution in [0.4, 0.5) is 0 Å². The fourth-order valence-corrected chi connectivity index (χ4v) is 0.617. The second kappa shape index (κ2) is 4.32. The molecule has 0 amide bonds. The summed E-state index contributed by atoms with van der Waals surface area (Å²) in [6.45, 7) is 5.09. The van der Waals surface area contributed by atoms with E-state index in [0.29, 0.717) is 5.92 Å². The average Bonchev–Trinajstić information content (AvgIpc) is 1.63. The Hall–Kier alpha value is -0.570. The number of nitrogens with zero attached hydrogens (tertiary/aromatic N) is 2. The zero-order chi connectivity index (χ0) is 7.28. The summed E-state index contributed by atoms with van der Waals surface area (Å²) in [5.74, 6) is 6.06. The van der Waals surface area contributed by atoms with Crippen LogP contribution in [0, 0.1) is 5.92 Å². The molecule has 0 aliphatic rings. The van der Waals surface area contributed by atoms with E-state index in [1.807, 2.05) is 0 Å². The third-order valence-corrected chi connectivity index (χ3v) is 0.840. The van der Waals surface area contributed by atoms with Crippen molar-refractivity contribution in [2.45, 2.75) is 13.8 Å². The summed E-state index contributed by atoms with van der Waals surface area (Å²) in [7, 11) is 1.71. The van der Waals surface area contributed by atoms with Gasteiger partial charge in [-0.05, 0) is 5.92 Å². The third kappa shape index (κ3) is 5.30. The molecule has 0 aliphatic heterocycles. The van der Waals surface area contributed by atoms with Crippen molar-refractivity contribution in [3.63, 3.8) is 0 Å². The van der Waals surface area contributed by atoms with Gasteiger partial charge >= 0.3 is 0 Å². The van der Waals surface area contributed by atoms with Crippen LogP contribution in [0.15, 0.2) is 4.99 Å². The SMILES string of the molecule is CN=CN(N)CC(C)C. The van der Waals surface area contributed by atoms with E-state index in [2.05, 4.69) is 18.8 Å². The molecule has 0 aromatic carbocycles. The fourth-order valence-electron chi connectivity index (χ4n) is 0.617. The largest absolute Gasteiger partial charge is 0.301 e. The molecule has 0 radical (unpaired) electrons. The Bertz CT molecular complexity index is 88.3. The van der Waals surface area contributed by atoms with Gasteiger partial charge in [-0.15, -0.1) is 0 Å². The number of hydrogen-bond acceptors (Lipinski definition) is 2. The minimum absolute atomic E-state index is 0.591. The van der Waals surface area contributed by atoms with E-state index < -0.39 is 0 Å². The van der Waals surface area contributed by atoms with Crippen LogP contribution in [0.5, 0.6) is 0 Å². The Balaban J connectivity index is 3.38. The van der Waals surface area contributed by atoms with Crippen molar-refractivity contribution >= 4 is 6.34 Å². The third-order valence-electron chi connectivity index (χ3n) is 0.840. The van der Waals surface area contributed by atoms with Crippen molar-refractivity contribution in [2.24, 2.45) is 16.8 Å². The molecule has 54 valence electrons. The van der Waals surface area contributed by atoms with E-state index in [9.17, 15) is 0 Å². The highest BCUT2D eigenvalue weighted by atomic mass is 15.4. The Morgan fingerprint density at radius 3 is 2.56 bits per heavy atom. The van der Waals surface area contributed by atoms with Gasteiger partial charge in [0.2, 0.25) is 0 Å². The molecule has 0 saturated carbocycles. The minimum atomic E-state index is 0.591. The van der Waals surface area contributed by atoms with Gasteiger partial charge in [0.05, 0.1) is 6.34 Å². The van der Waals surface area contributed by atoms with Crippen molar-refractivity contribution in [3.8, 4) is 0 Å². The van der Waals surface area contributed by atoms with Crippen molar-refractivity contribution < 1.29 is 0 Å². The number of hydrogen-bond donors (Lipinski definition) is 1. The van der Waals surface area contributed by atoms with E-state index in [4.69, 9.17) is 5.84 Å². The highest BCUT2D eigenvalue weighted by molar-refractivity contribution is 5.53. The molecule has 3 nitrogen and oxygen atoms in total. The Kier molecular flexibility index (Phi) is 4.05. The van der Waals surface area contributed by atoms with Crippen LogP contribution < -0.4 is 5.84 Å². The Morgan fingerprint density at radius 1 is 1.67 bits per heavy atom. The first-order chi connectivity index (χ1) is 4.16. The maximum Gasteiger partial charge on any atom is 0.0986 e. The zero-order valence-corrected chi connectivity index (χ0v) is 6.33. The first-order valence-electron chi connectivity index (χ1n) is 3.10. The lowest BCUT2D eigenvalue weighted by Gasteiger charge is -2.13. The summed E-state index contributed by atoms with van der Waals surface area (Å²) in [4.78, 5) is 3.76. The smallest absolute Gasteiger partial charge is 0.0986 e. The lowest BCUT2D eigenvalue weighted by Crippen LogP contribution is -2.32. The standard InChI is InChI=1S/C6H15N3/c1-6(2)4-9(7)5-8-3/h5-6H,4,7H2,1-3H3. The summed E-state index contributed by atoms with van der Waals surface area (Å²) in [5.41, 5.74) is 0. The van der Waals surface area contributed by atoms with E-state index in [0.717, 1.165) is 6.54 Å².